The Morgan fingerprint density at radius 3 is 2.36 bits per heavy atom. The number of allylic oxidation sites excluding steroid dienone is 1. The molecule has 0 nitrogen and oxygen atoms in total. The Bertz CT molecular complexity index is 209. The molecule has 1 atom stereocenters. The van der Waals surface area contributed by atoms with E-state index in [0.717, 1.165) is 19.3 Å². The minimum atomic E-state index is 0.394. The van der Waals surface area contributed by atoms with Gasteiger partial charge in [0.05, 0.1) is 0 Å². The van der Waals surface area contributed by atoms with Crippen molar-refractivity contribution in [1.82, 2.24) is 0 Å². The summed E-state index contributed by atoms with van der Waals surface area (Å²) in [5, 5.41) is 0. The van der Waals surface area contributed by atoms with E-state index in [0.29, 0.717) is 5.92 Å². The molecule has 0 spiro atoms. The van der Waals surface area contributed by atoms with Crippen LogP contribution in [-0.2, 0) is 0 Å². The molecule has 0 fully saturated rings. The molecule has 0 aromatic rings. The third-order valence-electron chi connectivity index (χ3n) is 1.94. The molecule has 80 valence electrons. The average molecular weight is 192 g/mol. The molecule has 0 aromatic carbocycles. The van der Waals surface area contributed by atoms with Crippen molar-refractivity contribution in [1.29, 1.82) is 0 Å². The molecule has 14 heavy (non-hydrogen) atoms. The van der Waals surface area contributed by atoms with Crippen molar-refractivity contribution in [3.8, 4) is 12.3 Å². The van der Waals surface area contributed by atoms with Gasteiger partial charge < -0.3 is 0 Å². The standard InChI is InChI=1S/C12H18.C2H6/c1-5-8-12(7-3)10-9-11(4)6-2;1-2/h2,5,11H,7,9-10H2,1,3-4H3;1-2H3. The third-order valence-corrected chi connectivity index (χ3v) is 1.94. The number of hydrogen-bond acceptors (Lipinski definition) is 0. The van der Waals surface area contributed by atoms with Crippen molar-refractivity contribution in [3.05, 3.63) is 17.4 Å². The maximum absolute atomic E-state index is 5.29. The van der Waals surface area contributed by atoms with E-state index in [-0.39, 0.29) is 0 Å². The second-order valence-electron chi connectivity index (χ2n) is 3.00. The molecule has 0 aliphatic carbocycles. The van der Waals surface area contributed by atoms with Gasteiger partial charge in [-0.3, -0.25) is 0 Å². The lowest BCUT2D eigenvalue weighted by atomic mass is 10.0. The van der Waals surface area contributed by atoms with Gasteiger partial charge in [-0.05, 0) is 37.8 Å². The summed E-state index contributed by atoms with van der Waals surface area (Å²) >= 11 is 0. The molecule has 0 radical (unpaired) electrons. The molecule has 0 aliphatic rings. The Balaban J connectivity index is 0. The van der Waals surface area contributed by atoms with Gasteiger partial charge in [-0.15, -0.1) is 18.1 Å². The molecule has 0 saturated heterocycles. The van der Waals surface area contributed by atoms with E-state index >= 15 is 0 Å². The normalized spacial score (nSPS) is 10.0. The van der Waals surface area contributed by atoms with E-state index in [4.69, 9.17) is 6.42 Å². The first-order valence-corrected chi connectivity index (χ1v) is 5.59. The lowest BCUT2D eigenvalue weighted by molar-refractivity contribution is 0.656. The molecule has 0 heterocycles. The minimum absolute atomic E-state index is 0.394. The van der Waals surface area contributed by atoms with Gasteiger partial charge >= 0.3 is 0 Å². The van der Waals surface area contributed by atoms with Gasteiger partial charge in [0.25, 0.3) is 0 Å². The van der Waals surface area contributed by atoms with Crippen LogP contribution in [0, 0.1) is 18.3 Å². The molecule has 0 saturated carbocycles. The number of rotatable bonds is 4. The summed E-state index contributed by atoms with van der Waals surface area (Å²) in [6.07, 6.45) is 10.5. The molecule has 0 aliphatic heterocycles. The lowest BCUT2D eigenvalue weighted by Gasteiger charge is -2.03. The fourth-order valence-corrected chi connectivity index (χ4v) is 1.03. The van der Waals surface area contributed by atoms with Crippen molar-refractivity contribution in [2.24, 2.45) is 5.92 Å². The monoisotopic (exact) mass is 192 g/mol. The lowest BCUT2D eigenvalue weighted by Crippen LogP contribution is -1.90. The zero-order valence-electron chi connectivity index (χ0n) is 10.4. The van der Waals surface area contributed by atoms with E-state index in [1.54, 1.807) is 0 Å². The molecule has 0 amide bonds. The molecule has 0 N–H and O–H groups in total. The van der Waals surface area contributed by atoms with Crippen LogP contribution in [0.2, 0.25) is 0 Å². The topological polar surface area (TPSA) is 0 Å². The smallest absolute Gasteiger partial charge is 0.0175 e. The maximum Gasteiger partial charge on any atom is 0.0175 e. The van der Waals surface area contributed by atoms with Crippen LogP contribution in [0.15, 0.2) is 17.4 Å². The third kappa shape index (κ3) is 9.17. The summed E-state index contributed by atoms with van der Waals surface area (Å²) in [6.45, 7) is 10.2. The van der Waals surface area contributed by atoms with Gasteiger partial charge in [0.15, 0.2) is 0 Å². The maximum atomic E-state index is 5.29. The van der Waals surface area contributed by atoms with E-state index in [2.05, 4.69) is 25.5 Å². The van der Waals surface area contributed by atoms with Gasteiger partial charge in [-0.1, -0.05) is 27.7 Å². The van der Waals surface area contributed by atoms with E-state index in [9.17, 15) is 0 Å². The van der Waals surface area contributed by atoms with Crippen LogP contribution in [0.1, 0.15) is 53.9 Å². The zero-order chi connectivity index (χ0) is 11.4. The van der Waals surface area contributed by atoms with E-state index in [1.807, 2.05) is 26.8 Å². The predicted octanol–water partition coefficient (Wildman–Crippen LogP) is 4.57. The summed E-state index contributed by atoms with van der Waals surface area (Å²) in [7, 11) is 0. The molecule has 0 heteroatoms. The Morgan fingerprint density at radius 2 is 2.00 bits per heavy atom. The Morgan fingerprint density at radius 1 is 1.43 bits per heavy atom. The first kappa shape index (κ1) is 15.5. The Kier molecular flexibility index (Phi) is 13.4. The highest BCUT2D eigenvalue weighted by Gasteiger charge is 1.98. The first-order chi connectivity index (χ1) is 6.74. The molecule has 0 aromatic heterocycles. The molecule has 0 rings (SSSR count). The Labute approximate surface area is 90.1 Å². The van der Waals surface area contributed by atoms with Gasteiger partial charge in [-0.25, -0.2) is 0 Å². The highest BCUT2D eigenvalue weighted by molar-refractivity contribution is 5.02. The van der Waals surface area contributed by atoms with Gasteiger partial charge in [0, 0.05) is 5.92 Å². The highest BCUT2D eigenvalue weighted by atomic mass is 14.0. The van der Waals surface area contributed by atoms with Gasteiger partial charge in [-0.2, -0.15) is 0 Å². The van der Waals surface area contributed by atoms with Crippen LogP contribution in [0.25, 0.3) is 0 Å². The highest BCUT2D eigenvalue weighted by Crippen LogP contribution is 2.12. The SMILES string of the molecule is C#CC(C)CCC(=C=CC)CC.CC. The largest absolute Gasteiger partial charge is 0.126 e. The quantitative estimate of drug-likeness (QED) is 0.452. The summed E-state index contributed by atoms with van der Waals surface area (Å²) in [6, 6.07) is 0. The Hall–Kier alpha value is -0.920. The van der Waals surface area contributed by atoms with Crippen molar-refractivity contribution in [3.63, 3.8) is 0 Å². The van der Waals surface area contributed by atoms with E-state index in [1.165, 1.54) is 5.57 Å². The molecular formula is C14H24. The first-order valence-electron chi connectivity index (χ1n) is 5.59. The predicted molar refractivity (Wildman–Crippen MR) is 66.1 cm³/mol. The van der Waals surface area contributed by atoms with E-state index < -0.39 is 0 Å². The molecule has 1 unspecified atom stereocenters. The van der Waals surface area contributed by atoms with Crippen molar-refractivity contribution >= 4 is 0 Å². The number of hydrogen-bond donors (Lipinski definition) is 0. The average Bonchev–Trinajstić information content (AvgIpc) is 2.26. The molecule has 0 bridgehead atoms. The van der Waals surface area contributed by atoms with Crippen LogP contribution >= 0.6 is 0 Å². The van der Waals surface area contributed by atoms with Crippen LogP contribution in [0.5, 0.6) is 0 Å². The van der Waals surface area contributed by atoms with Crippen molar-refractivity contribution in [2.45, 2.75) is 53.9 Å². The zero-order valence-corrected chi connectivity index (χ0v) is 10.4. The summed E-state index contributed by atoms with van der Waals surface area (Å²) in [4.78, 5) is 0. The van der Waals surface area contributed by atoms with Gasteiger partial charge in [0.2, 0.25) is 0 Å². The van der Waals surface area contributed by atoms with Crippen LogP contribution in [0.3, 0.4) is 0 Å². The minimum Gasteiger partial charge on any atom is -0.126 e. The molecular weight excluding hydrogens is 168 g/mol. The summed E-state index contributed by atoms with van der Waals surface area (Å²) in [5.74, 6) is 3.13. The van der Waals surface area contributed by atoms with Crippen molar-refractivity contribution < 1.29 is 0 Å². The summed E-state index contributed by atoms with van der Waals surface area (Å²) < 4.78 is 0. The van der Waals surface area contributed by atoms with Crippen molar-refractivity contribution in [2.75, 3.05) is 0 Å². The second kappa shape index (κ2) is 12.1. The van der Waals surface area contributed by atoms with Crippen LogP contribution in [-0.4, -0.2) is 0 Å². The fourth-order valence-electron chi connectivity index (χ4n) is 1.03. The van der Waals surface area contributed by atoms with Gasteiger partial charge in [0.1, 0.15) is 0 Å². The summed E-state index contributed by atoms with van der Waals surface area (Å²) in [5.41, 5.74) is 4.61. The number of terminal acetylenes is 1. The van der Waals surface area contributed by atoms with Crippen LogP contribution < -0.4 is 0 Å². The van der Waals surface area contributed by atoms with Crippen LogP contribution in [0.4, 0.5) is 0 Å². The second-order valence-corrected chi connectivity index (χ2v) is 3.00. The fraction of sp³-hybridized carbons (Fsp3) is 0.643.